The molecule has 0 amide bonds. The second-order valence-electron chi connectivity index (χ2n) is 4.30. The van der Waals surface area contributed by atoms with Gasteiger partial charge < -0.3 is 14.8 Å². The van der Waals surface area contributed by atoms with E-state index in [-0.39, 0.29) is 37.0 Å². The standard InChI is InChI=1S/C12H16N2O2.2ClH/c1-2-6-14-11(3-1)16-10-5-4-9-12(10)15-8-7-13-9;;/h1-3,6,9-10,12-13H,4-5,7-8H2;2*1H/t9-,10+,12+;;/m0../s1. The third-order valence-electron chi connectivity index (χ3n) is 3.25. The summed E-state index contributed by atoms with van der Waals surface area (Å²) in [6.45, 7) is 1.74. The van der Waals surface area contributed by atoms with Crippen molar-refractivity contribution in [2.24, 2.45) is 0 Å². The van der Waals surface area contributed by atoms with E-state index in [4.69, 9.17) is 9.47 Å². The van der Waals surface area contributed by atoms with Gasteiger partial charge in [0.05, 0.1) is 6.61 Å². The summed E-state index contributed by atoms with van der Waals surface area (Å²) >= 11 is 0. The number of rotatable bonds is 2. The van der Waals surface area contributed by atoms with E-state index in [1.807, 2.05) is 18.2 Å². The summed E-state index contributed by atoms with van der Waals surface area (Å²) in [4.78, 5) is 4.18. The highest BCUT2D eigenvalue weighted by Gasteiger charge is 2.40. The van der Waals surface area contributed by atoms with Gasteiger partial charge in [0.25, 0.3) is 0 Å². The van der Waals surface area contributed by atoms with Gasteiger partial charge in [-0.25, -0.2) is 4.98 Å². The number of nitrogens with zero attached hydrogens (tertiary/aromatic N) is 1. The fourth-order valence-corrected chi connectivity index (χ4v) is 2.51. The molecule has 2 fully saturated rings. The van der Waals surface area contributed by atoms with Crippen LogP contribution in [-0.2, 0) is 4.74 Å². The van der Waals surface area contributed by atoms with E-state index < -0.39 is 0 Å². The molecule has 0 radical (unpaired) electrons. The summed E-state index contributed by atoms with van der Waals surface area (Å²) in [7, 11) is 0. The molecule has 4 nitrogen and oxygen atoms in total. The van der Waals surface area contributed by atoms with Crippen LogP contribution >= 0.6 is 24.8 Å². The van der Waals surface area contributed by atoms with Crippen molar-refractivity contribution in [1.82, 2.24) is 10.3 Å². The number of nitrogens with one attached hydrogen (secondary N) is 1. The highest BCUT2D eigenvalue weighted by molar-refractivity contribution is 5.85. The summed E-state index contributed by atoms with van der Waals surface area (Å²) in [5.74, 6) is 0.697. The van der Waals surface area contributed by atoms with E-state index in [9.17, 15) is 0 Å². The van der Waals surface area contributed by atoms with E-state index >= 15 is 0 Å². The molecule has 3 atom stereocenters. The average Bonchev–Trinajstić information content (AvgIpc) is 2.74. The van der Waals surface area contributed by atoms with Crippen LogP contribution < -0.4 is 10.1 Å². The van der Waals surface area contributed by atoms with Gasteiger partial charge in [0, 0.05) is 24.8 Å². The molecule has 0 aromatic carbocycles. The molecule has 0 bridgehead atoms. The summed E-state index contributed by atoms with van der Waals surface area (Å²) in [6.07, 6.45) is 4.26. The maximum Gasteiger partial charge on any atom is 0.213 e. The average molecular weight is 293 g/mol. The number of aromatic nitrogens is 1. The van der Waals surface area contributed by atoms with Crippen molar-refractivity contribution in [1.29, 1.82) is 0 Å². The van der Waals surface area contributed by atoms with Crippen LogP contribution in [0.2, 0.25) is 0 Å². The molecule has 6 heteroatoms. The Bertz CT molecular complexity index is 353. The number of pyridine rings is 1. The Morgan fingerprint density at radius 2 is 2.17 bits per heavy atom. The first-order chi connectivity index (χ1) is 7.93. The van der Waals surface area contributed by atoms with E-state index in [0.29, 0.717) is 11.9 Å². The quantitative estimate of drug-likeness (QED) is 0.903. The molecule has 1 saturated heterocycles. The molecule has 1 saturated carbocycles. The zero-order valence-corrected chi connectivity index (χ0v) is 11.6. The SMILES string of the molecule is Cl.Cl.c1ccc(O[C@@H]2CC[C@@H]3NCCO[C@H]32)nc1. The van der Waals surface area contributed by atoms with Crippen LogP contribution in [0, 0.1) is 0 Å². The maximum atomic E-state index is 5.87. The first kappa shape index (κ1) is 15.5. The third kappa shape index (κ3) is 3.26. The topological polar surface area (TPSA) is 43.4 Å². The van der Waals surface area contributed by atoms with Crippen molar-refractivity contribution in [3.05, 3.63) is 24.4 Å². The van der Waals surface area contributed by atoms with Crippen molar-refractivity contribution in [2.75, 3.05) is 13.2 Å². The second-order valence-corrected chi connectivity index (χ2v) is 4.30. The summed E-state index contributed by atoms with van der Waals surface area (Å²) in [5, 5.41) is 3.47. The molecule has 102 valence electrons. The van der Waals surface area contributed by atoms with Gasteiger partial charge in [-0.15, -0.1) is 24.8 Å². The van der Waals surface area contributed by atoms with Crippen LogP contribution in [0.4, 0.5) is 0 Å². The fourth-order valence-electron chi connectivity index (χ4n) is 2.51. The molecule has 1 N–H and O–H groups in total. The Hall–Kier alpha value is -0.550. The minimum Gasteiger partial charge on any atom is -0.472 e. The molecule has 1 aromatic rings. The predicted molar refractivity (Wildman–Crippen MR) is 73.9 cm³/mol. The Balaban J connectivity index is 0.000000810. The van der Waals surface area contributed by atoms with Gasteiger partial charge in [-0.3, -0.25) is 0 Å². The lowest BCUT2D eigenvalue weighted by molar-refractivity contribution is -0.0418. The van der Waals surface area contributed by atoms with Crippen LogP contribution in [0.15, 0.2) is 24.4 Å². The largest absolute Gasteiger partial charge is 0.472 e. The monoisotopic (exact) mass is 292 g/mol. The van der Waals surface area contributed by atoms with Gasteiger partial charge in [-0.1, -0.05) is 6.07 Å². The van der Waals surface area contributed by atoms with Crippen LogP contribution in [0.3, 0.4) is 0 Å². The smallest absolute Gasteiger partial charge is 0.213 e. The lowest BCUT2D eigenvalue weighted by atomic mass is 10.2. The van der Waals surface area contributed by atoms with E-state index in [2.05, 4.69) is 10.3 Å². The summed E-state index contributed by atoms with van der Waals surface area (Å²) < 4.78 is 11.6. The fraction of sp³-hybridized carbons (Fsp3) is 0.583. The van der Waals surface area contributed by atoms with Crippen molar-refractivity contribution >= 4 is 24.8 Å². The van der Waals surface area contributed by atoms with E-state index in [0.717, 1.165) is 26.0 Å². The number of ether oxygens (including phenoxy) is 2. The molecular formula is C12H18Cl2N2O2. The predicted octanol–water partition coefficient (Wildman–Crippen LogP) is 1.82. The van der Waals surface area contributed by atoms with Gasteiger partial charge in [0.1, 0.15) is 12.2 Å². The molecule has 2 aliphatic rings. The van der Waals surface area contributed by atoms with E-state index in [1.54, 1.807) is 6.20 Å². The normalized spacial score (nSPS) is 29.7. The zero-order valence-electron chi connectivity index (χ0n) is 9.95. The Labute approximate surface area is 119 Å². The second kappa shape index (κ2) is 7.14. The minimum absolute atomic E-state index is 0. The van der Waals surface area contributed by atoms with Gasteiger partial charge in [-0.05, 0) is 18.9 Å². The highest BCUT2D eigenvalue weighted by Crippen LogP contribution is 2.28. The first-order valence-corrected chi connectivity index (χ1v) is 5.86. The number of halogens is 2. The molecule has 0 unspecified atom stereocenters. The van der Waals surface area contributed by atoms with Crippen LogP contribution in [0.5, 0.6) is 5.88 Å². The number of hydrogen-bond donors (Lipinski definition) is 1. The lowest BCUT2D eigenvalue weighted by Crippen LogP contribution is -2.49. The third-order valence-corrected chi connectivity index (χ3v) is 3.25. The number of morpholine rings is 1. The Morgan fingerprint density at radius 1 is 1.28 bits per heavy atom. The summed E-state index contributed by atoms with van der Waals surface area (Å²) in [5.41, 5.74) is 0. The zero-order chi connectivity index (χ0) is 10.8. The molecule has 1 aromatic heterocycles. The molecule has 1 aliphatic heterocycles. The van der Waals surface area contributed by atoms with Crippen LogP contribution in [0.1, 0.15) is 12.8 Å². The van der Waals surface area contributed by atoms with Crippen LogP contribution in [0.25, 0.3) is 0 Å². The molecule has 3 rings (SSSR count). The Morgan fingerprint density at radius 3 is 2.94 bits per heavy atom. The van der Waals surface area contributed by atoms with E-state index in [1.165, 1.54) is 0 Å². The number of fused-ring (bicyclic) bond motifs is 1. The van der Waals surface area contributed by atoms with Crippen molar-refractivity contribution in [3.8, 4) is 5.88 Å². The van der Waals surface area contributed by atoms with Crippen molar-refractivity contribution < 1.29 is 9.47 Å². The van der Waals surface area contributed by atoms with Gasteiger partial charge >= 0.3 is 0 Å². The van der Waals surface area contributed by atoms with Gasteiger partial charge in [-0.2, -0.15) is 0 Å². The maximum absolute atomic E-state index is 5.87. The molecule has 18 heavy (non-hydrogen) atoms. The molecule has 2 heterocycles. The minimum atomic E-state index is 0. The first-order valence-electron chi connectivity index (χ1n) is 5.86. The van der Waals surface area contributed by atoms with Gasteiger partial charge in [0.2, 0.25) is 5.88 Å². The van der Waals surface area contributed by atoms with Gasteiger partial charge in [0.15, 0.2) is 0 Å². The van der Waals surface area contributed by atoms with Crippen molar-refractivity contribution in [3.63, 3.8) is 0 Å². The highest BCUT2D eigenvalue weighted by atomic mass is 35.5. The lowest BCUT2D eigenvalue weighted by Gasteiger charge is -2.30. The summed E-state index contributed by atoms with van der Waals surface area (Å²) in [6, 6.07) is 6.18. The molecular weight excluding hydrogens is 275 g/mol. The number of hydrogen-bond acceptors (Lipinski definition) is 4. The Kier molecular flexibility index (Phi) is 6.15. The molecule has 1 aliphatic carbocycles. The molecule has 0 spiro atoms. The van der Waals surface area contributed by atoms with Crippen LogP contribution in [-0.4, -0.2) is 36.4 Å². The van der Waals surface area contributed by atoms with Crippen molar-refractivity contribution in [2.45, 2.75) is 31.1 Å².